The number of hydrogen-bond donors (Lipinski definition) is 0. The maximum atomic E-state index is 12.3. The summed E-state index contributed by atoms with van der Waals surface area (Å²) in [7, 11) is -3.34. The zero-order valence-corrected chi connectivity index (χ0v) is 13.3. The van der Waals surface area contributed by atoms with Gasteiger partial charge >= 0.3 is 0 Å². The van der Waals surface area contributed by atoms with Gasteiger partial charge < -0.3 is 4.74 Å². The van der Waals surface area contributed by atoms with Gasteiger partial charge in [0.2, 0.25) is 0 Å². The Hall–Kier alpha value is -1.13. The van der Waals surface area contributed by atoms with Crippen LogP contribution in [0.4, 0.5) is 0 Å². The Morgan fingerprint density at radius 2 is 1.85 bits per heavy atom. The van der Waals surface area contributed by atoms with Gasteiger partial charge in [-0.1, -0.05) is 30.2 Å². The lowest BCUT2D eigenvalue weighted by Gasteiger charge is -2.38. The molecule has 0 aliphatic heterocycles. The summed E-state index contributed by atoms with van der Waals surface area (Å²) in [5.41, 5.74) is 2.01. The van der Waals surface area contributed by atoms with Crippen molar-refractivity contribution in [3.8, 4) is 0 Å². The first-order valence-corrected chi connectivity index (χ1v) is 8.52. The van der Waals surface area contributed by atoms with Crippen LogP contribution in [0.5, 0.6) is 0 Å². The van der Waals surface area contributed by atoms with E-state index in [1.165, 1.54) is 5.41 Å². The first-order chi connectivity index (χ1) is 9.29. The molecule has 1 fully saturated rings. The van der Waals surface area contributed by atoms with Crippen molar-refractivity contribution >= 4 is 9.84 Å². The summed E-state index contributed by atoms with van der Waals surface area (Å²) in [5, 5.41) is 1.42. The molecule has 0 N–H and O–H groups in total. The number of rotatable bonds is 4. The molecule has 2 rings (SSSR count). The van der Waals surface area contributed by atoms with Gasteiger partial charge in [0, 0.05) is 11.3 Å². The second-order valence-corrected chi connectivity index (χ2v) is 7.56. The quantitative estimate of drug-likeness (QED) is 0.854. The van der Waals surface area contributed by atoms with Crippen LogP contribution in [0.25, 0.3) is 0 Å². The van der Waals surface area contributed by atoms with Crippen LogP contribution >= 0.6 is 0 Å². The largest absolute Gasteiger partial charge is 0.375 e. The highest BCUT2D eigenvalue weighted by Crippen LogP contribution is 2.37. The smallest absolute Gasteiger partial charge is 0.199 e. The Bertz CT molecular complexity index is 597. The highest BCUT2D eigenvalue weighted by molar-refractivity contribution is 7.94. The highest BCUT2D eigenvalue weighted by Gasteiger charge is 2.35. The van der Waals surface area contributed by atoms with E-state index in [2.05, 4.69) is 0 Å². The van der Waals surface area contributed by atoms with E-state index in [4.69, 9.17) is 4.74 Å². The average molecular weight is 294 g/mol. The summed E-state index contributed by atoms with van der Waals surface area (Å²) in [6.07, 6.45) is 1.04. The Morgan fingerprint density at radius 1 is 1.25 bits per heavy atom. The maximum Gasteiger partial charge on any atom is 0.199 e. The molecular formula is C16H22O3S. The van der Waals surface area contributed by atoms with E-state index in [0.29, 0.717) is 11.3 Å². The molecule has 110 valence electrons. The molecule has 0 spiro atoms. The van der Waals surface area contributed by atoms with E-state index in [1.807, 2.05) is 39.8 Å². The molecule has 3 nitrogen and oxygen atoms in total. The first-order valence-electron chi connectivity index (χ1n) is 6.97. The van der Waals surface area contributed by atoms with Crippen LogP contribution in [0.1, 0.15) is 32.8 Å². The molecule has 0 aromatic heterocycles. The molecule has 0 bridgehead atoms. The second-order valence-electron chi connectivity index (χ2n) is 5.77. The van der Waals surface area contributed by atoms with Gasteiger partial charge in [0.05, 0.1) is 17.1 Å². The van der Waals surface area contributed by atoms with Crippen molar-refractivity contribution < 1.29 is 13.2 Å². The van der Waals surface area contributed by atoms with Crippen molar-refractivity contribution in [2.24, 2.45) is 5.92 Å². The van der Waals surface area contributed by atoms with Gasteiger partial charge in [-0.25, -0.2) is 8.42 Å². The maximum absolute atomic E-state index is 12.3. The lowest BCUT2D eigenvalue weighted by Crippen LogP contribution is -2.36. The summed E-state index contributed by atoms with van der Waals surface area (Å²) in [6, 6.07) is 6.96. The number of benzene rings is 1. The predicted octanol–water partition coefficient (Wildman–Crippen LogP) is 3.49. The molecule has 1 saturated carbocycles. The van der Waals surface area contributed by atoms with E-state index in [-0.39, 0.29) is 18.1 Å². The minimum atomic E-state index is -3.34. The SMILES string of the molecule is Cc1ccc(S(=O)(=O)/C=C2\C[C@@H](OC(C)C)[C@H]2C)cc1. The van der Waals surface area contributed by atoms with Gasteiger partial charge in [-0.2, -0.15) is 0 Å². The third-order valence-corrected chi connectivity index (χ3v) is 5.22. The number of sulfone groups is 1. The van der Waals surface area contributed by atoms with Crippen LogP contribution in [0, 0.1) is 12.8 Å². The Kier molecular flexibility index (Phi) is 4.35. The molecule has 0 radical (unpaired) electrons. The molecule has 0 amide bonds. The topological polar surface area (TPSA) is 43.4 Å². The van der Waals surface area contributed by atoms with Crippen LogP contribution in [0.2, 0.25) is 0 Å². The Morgan fingerprint density at radius 3 is 2.35 bits per heavy atom. The standard InChI is InChI=1S/C16H22O3S/c1-11(2)19-16-9-14(13(16)4)10-20(17,18)15-7-5-12(3)6-8-15/h5-8,10-11,13,16H,9H2,1-4H3/b14-10+/t13-,16+/m0/s1. The van der Waals surface area contributed by atoms with E-state index in [1.54, 1.807) is 12.1 Å². The summed E-state index contributed by atoms with van der Waals surface area (Å²) in [5.74, 6) is 0.178. The van der Waals surface area contributed by atoms with Crippen molar-refractivity contribution in [1.29, 1.82) is 0 Å². The lowest BCUT2D eigenvalue weighted by atomic mass is 9.78. The monoisotopic (exact) mass is 294 g/mol. The lowest BCUT2D eigenvalue weighted by molar-refractivity contribution is -0.0416. The van der Waals surface area contributed by atoms with E-state index < -0.39 is 9.84 Å². The van der Waals surface area contributed by atoms with Gasteiger partial charge in [-0.05, 0) is 39.3 Å². The number of aryl methyl sites for hydroxylation is 1. The summed E-state index contributed by atoms with van der Waals surface area (Å²) < 4.78 is 30.3. The zero-order chi connectivity index (χ0) is 14.9. The van der Waals surface area contributed by atoms with Gasteiger partial charge in [-0.3, -0.25) is 0 Å². The third-order valence-electron chi connectivity index (χ3n) is 3.68. The van der Waals surface area contributed by atoms with Gasteiger partial charge in [-0.15, -0.1) is 0 Å². The van der Waals surface area contributed by atoms with E-state index in [9.17, 15) is 8.42 Å². The molecule has 1 aliphatic rings. The van der Waals surface area contributed by atoms with Gasteiger partial charge in [0.1, 0.15) is 0 Å². The van der Waals surface area contributed by atoms with Crippen molar-refractivity contribution in [3.63, 3.8) is 0 Å². The fraction of sp³-hybridized carbons (Fsp3) is 0.500. The molecule has 1 aromatic rings. The molecule has 1 aliphatic carbocycles. The van der Waals surface area contributed by atoms with Crippen molar-refractivity contribution in [2.75, 3.05) is 0 Å². The summed E-state index contributed by atoms with van der Waals surface area (Å²) in [4.78, 5) is 0.357. The van der Waals surface area contributed by atoms with Gasteiger partial charge in [0.25, 0.3) is 0 Å². The highest BCUT2D eigenvalue weighted by atomic mass is 32.2. The third kappa shape index (κ3) is 3.30. The minimum Gasteiger partial charge on any atom is -0.375 e. The average Bonchev–Trinajstić information content (AvgIpc) is 2.37. The minimum absolute atomic E-state index is 0.148. The van der Waals surface area contributed by atoms with Crippen LogP contribution in [-0.2, 0) is 14.6 Å². The fourth-order valence-corrected chi connectivity index (χ4v) is 3.70. The van der Waals surface area contributed by atoms with E-state index >= 15 is 0 Å². The molecule has 0 heterocycles. The molecular weight excluding hydrogens is 272 g/mol. The summed E-state index contributed by atoms with van der Waals surface area (Å²) in [6.45, 7) is 7.96. The molecule has 20 heavy (non-hydrogen) atoms. The Balaban J connectivity index is 2.13. The van der Waals surface area contributed by atoms with Crippen molar-refractivity contribution in [3.05, 3.63) is 40.8 Å². The van der Waals surface area contributed by atoms with Crippen LogP contribution < -0.4 is 0 Å². The normalized spacial score (nSPS) is 24.9. The first kappa shape index (κ1) is 15.3. The van der Waals surface area contributed by atoms with Crippen molar-refractivity contribution in [1.82, 2.24) is 0 Å². The number of ether oxygens (including phenoxy) is 1. The van der Waals surface area contributed by atoms with Crippen molar-refractivity contribution in [2.45, 2.75) is 51.2 Å². The van der Waals surface area contributed by atoms with Crippen LogP contribution in [0.15, 0.2) is 40.1 Å². The van der Waals surface area contributed by atoms with Crippen LogP contribution in [-0.4, -0.2) is 20.6 Å². The predicted molar refractivity (Wildman–Crippen MR) is 80.2 cm³/mol. The molecule has 1 aromatic carbocycles. The van der Waals surface area contributed by atoms with E-state index in [0.717, 1.165) is 11.1 Å². The molecule has 0 unspecified atom stereocenters. The zero-order valence-electron chi connectivity index (χ0n) is 12.5. The second kappa shape index (κ2) is 5.70. The van der Waals surface area contributed by atoms with Gasteiger partial charge in [0.15, 0.2) is 9.84 Å². The summed E-state index contributed by atoms with van der Waals surface area (Å²) >= 11 is 0. The molecule has 2 atom stereocenters. The molecule has 4 heteroatoms. The molecule has 0 saturated heterocycles. The fourth-order valence-electron chi connectivity index (χ4n) is 2.34. The Labute approximate surface area is 121 Å². The number of hydrogen-bond acceptors (Lipinski definition) is 3. The van der Waals surface area contributed by atoms with Crippen LogP contribution in [0.3, 0.4) is 0 Å².